The van der Waals surface area contributed by atoms with E-state index in [2.05, 4.69) is 36.9 Å². The van der Waals surface area contributed by atoms with E-state index in [1.54, 1.807) is 0 Å². The molecule has 4 atom stereocenters. The van der Waals surface area contributed by atoms with Gasteiger partial charge in [0.1, 0.15) is 29.7 Å². The van der Waals surface area contributed by atoms with Gasteiger partial charge in [0, 0.05) is 11.6 Å². The lowest BCUT2D eigenvalue weighted by Crippen LogP contribution is -2.29. The fourth-order valence-corrected chi connectivity index (χ4v) is 4.96. The van der Waals surface area contributed by atoms with E-state index < -0.39 is 12.2 Å². The lowest BCUT2D eigenvalue weighted by Gasteiger charge is -2.19. The number of benzene rings is 1. The van der Waals surface area contributed by atoms with Crippen LogP contribution in [0.1, 0.15) is 24.4 Å². The molecule has 0 radical (unpaired) electrons. The summed E-state index contributed by atoms with van der Waals surface area (Å²) < 4.78 is 2.69. The molecular formula is C22H23BrN6O2. The standard InChI is InChI=1S/C22H23BrN6O2/c23-15-8-12-3-1-11(7-16(12)28-21(15)25)2-4-13-9-17(19(31)18(13)30)29-6-5-14-20(24)26-10-27-22(14)29/h1,3,5-8,10,13,17-19,30-31H,2,4,9H2,(H2,25,28)(H2,24,26,27)/t13-,17?,18-,19+/m1/s1. The highest BCUT2D eigenvalue weighted by Crippen LogP contribution is 2.39. The molecule has 31 heavy (non-hydrogen) atoms. The molecule has 4 aromatic rings. The van der Waals surface area contributed by atoms with E-state index in [1.165, 1.54) is 6.33 Å². The van der Waals surface area contributed by atoms with Crippen LogP contribution in [0.2, 0.25) is 0 Å². The number of pyridine rings is 1. The average molecular weight is 483 g/mol. The summed E-state index contributed by atoms with van der Waals surface area (Å²) in [4.78, 5) is 12.8. The van der Waals surface area contributed by atoms with Crippen LogP contribution in [-0.4, -0.2) is 41.9 Å². The number of nitrogens with two attached hydrogens (primary N) is 2. The number of nitrogens with zero attached hydrogens (tertiary/aromatic N) is 4. The van der Waals surface area contributed by atoms with E-state index >= 15 is 0 Å². The number of aromatic nitrogens is 4. The largest absolute Gasteiger partial charge is 0.390 e. The Hall–Kier alpha value is -2.75. The summed E-state index contributed by atoms with van der Waals surface area (Å²) in [6.07, 6.45) is 3.79. The van der Waals surface area contributed by atoms with E-state index in [9.17, 15) is 10.2 Å². The third kappa shape index (κ3) is 3.52. The van der Waals surface area contributed by atoms with Gasteiger partial charge in [0.05, 0.1) is 27.5 Å². The highest BCUT2D eigenvalue weighted by molar-refractivity contribution is 9.10. The maximum absolute atomic E-state index is 10.7. The molecule has 1 unspecified atom stereocenters. The minimum Gasteiger partial charge on any atom is -0.390 e. The second kappa shape index (κ2) is 7.74. The molecule has 1 aliphatic carbocycles. The van der Waals surface area contributed by atoms with Gasteiger partial charge in [0.2, 0.25) is 0 Å². The molecule has 160 valence electrons. The van der Waals surface area contributed by atoms with Gasteiger partial charge in [-0.3, -0.25) is 0 Å². The topological polar surface area (TPSA) is 136 Å². The van der Waals surface area contributed by atoms with Crippen LogP contribution in [0.4, 0.5) is 11.6 Å². The van der Waals surface area contributed by atoms with Crippen LogP contribution in [-0.2, 0) is 6.42 Å². The van der Waals surface area contributed by atoms with Crippen molar-refractivity contribution in [2.75, 3.05) is 11.5 Å². The lowest BCUT2D eigenvalue weighted by atomic mass is 9.95. The number of fused-ring (bicyclic) bond motifs is 2. The molecule has 3 heterocycles. The Morgan fingerprint density at radius 3 is 2.74 bits per heavy atom. The fourth-order valence-electron chi connectivity index (χ4n) is 4.63. The third-order valence-corrected chi connectivity index (χ3v) is 6.97. The Balaban J connectivity index is 1.34. The van der Waals surface area contributed by atoms with Crippen molar-refractivity contribution in [2.24, 2.45) is 5.92 Å². The first-order valence-corrected chi connectivity index (χ1v) is 11.0. The van der Waals surface area contributed by atoms with Crippen LogP contribution >= 0.6 is 15.9 Å². The van der Waals surface area contributed by atoms with Crippen LogP contribution in [0.25, 0.3) is 21.9 Å². The van der Waals surface area contributed by atoms with Crippen LogP contribution < -0.4 is 11.5 Å². The predicted molar refractivity (Wildman–Crippen MR) is 123 cm³/mol. The van der Waals surface area contributed by atoms with E-state index in [4.69, 9.17) is 11.5 Å². The molecule has 0 saturated heterocycles. The molecule has 1 saturated carbocycles. The van der Waals surface area contributed by atoms with Gasteiger partial charge in [-0.2, -0.15) is 0 Å². The molecule has 9 heteroatoms. The summed E-state index contributed by atoms with van der Waals surface area (Å²) in [5.41, 5.74) is 14.5. The summed E-state index contributed by atoms with van der Waals surface area (Å²) in [6, 6.07) is 9.68. The van der Waals surface area contributed by atoms with Crippen molar-refractivity contribution in [2.45, 2.75) is 37.5 Å². The predicted octanol–water partition coefficient (Wildman–Crippen LogP) is 2.82. The zero-order valence-electron chi connectivity index (χ0n) is 16.7. The Morgan fingerprint density at radius 1 is 1.06 bits per heavy atom. The molecule has 0 spiro atoms. The highest BCUT2D eigenvalue weighted by atomic mass is 79.9. The monoisotopic (exact) mass is 482 g/mol. The summed E-state index contributed by atoms with van der Waals surface area (Å²) >= 11 is 3.41. The van der Waals surface area contributed by atoms with Gasteiger partial charge < -0.3 is 26.2 Å². The lowest BCUT2D eigenvalue weighted by molar-refractivity contribution is 0.00545. The molecule has 3 aromatic heterocycles. The zero-order valence-corrected chi connectivity index (χ0v) is 18.3. The maximum Gasteiger partial charge on any atom is 0.145 e. The van der Waals surface area contributed by atoms with E-state index in [0.717, 1.165) is 39.2 Å². The SMILES string of the molecule is Nc1nc2cc(CC[C@@H]3CC(n4ccc5c(N)ncnc54)[C@H](O)[C@@H]3O)ccc2cc1Br. The van der Waals surface area contributed by atoms with E-state index in [-0.39, 0.29) is 12.0 Å². The minimum absolute atomic E-state index is 0.0322. The summed E-state index contributed by atoms with van der Waals surface area (Å²) in [5.74, 6) is 0.839. The minimum atomic E-state index is -0.868. The molecule has 0 amide bonds. The van der Waals surface area contributed by atoms with Crippen molar-refractivity contribution in [3.05, 3.63) is 52.9 Å². The first-order chi connectivity index (χ1) is 14.9. The van der Waals surface area contributed by atoms with Gasteiger partial charge in [0.25, 0.3) is 0 Å². The first-order valence-electron chi connectivity index (χ1n) is 10.2. The molecule has 1 fully saturated rings. The molecule has 0 bridgehead atoms. The number of anilines is 2. The van der Waals surface area contributed by atoms with E-state index in [1.807, 2.05) is 35.0 Å². The summed E-state index contributed by atoms with van der Waals surface area (Å²) in [6.45, 7) is 0. The molecule has 6 N–H and O–H groups in total. The smallest absolute Gasteiger partial charge is 0.145 e. The summed E-state index contributed by atoms with van der Waals surface area (Å²) in [5, 5.41) is 23.2. The second-order valence-corrected chi connectivity index (χ2v) is 9.04. The molecule has 1 aromatic carbocycles. The Kier molecular flexibility index (Phi) is 5.04. The van der Waals surface area contributed by atoms with Crippen molar-refractivity contribution >= 4 is 49.5 Å². The number of aliphatic hydroxyl groups is 2. The molecule has 5 rings (SSSR count). The second-order valence-electron chi connectivity index (χ2n) is 8.18. The molecule has 8 nitrogen and oxygen atoms in total. The van der Waals surface area contributed by atoms with Crippen LogP contribution in [0, 0.1) is 5.92 Å². The maximum atomic E-state index is 10.7. The third-order valence-electron chi connectivity index (χ3n) is 6.34. The number of hydrogen-bond acceptors (Lipinski definition) is 7. The van der Waals surface area contributed by atoms with Crippen molar-refractivity contribution in [3.63, 3.8) is 0 Å². The quantitative estimate of drug-likeness (QED) is 0.351. The van der Waals surface area contributed by atoms with Gasteiger partial charge >= 0.3 is 0 Å². The Bertz CT molecular complexity index is 1280. The Morgan fingerprint density at radius 2 is 1.90 bits per heavy atom. The van der Waals surface area contributed by atoms with E-state index in [0.29, 0.717) is 23.7 Å². The summed E-state index contributed by atoms with van der Waals surface area (Å²) in [7, 11) is 0. The fraction of sp³-hybridized carbons (Fsp3) is 0.318. The number of aliphatic hydroxyl groups excluding tert-OH is 2. The van der Waals surface area contributed by atoms with Gasteiger partial charge in [-0.1, -0.05) is 12.1 Å². The normalized spacial score (nSPS) is 23.7. The van der Waals surface area contributed by atoms with Gasteiger partial charge in [-0.25, -0.2) is 15.0 Å². The van der Waals surface area contributed by atoms with Gasteiger partial charge in [-0.05, 0) is 64.9 Å². The number of nitrogen functional groups attached to an aromatic ring is 2. The first kappa shape index (κ1) is 20.2. The number of rotatable bonds is 4. The van der Waals surface area contributed by atoms with Crippen molar-refractivity contribution in [3.8, 4) is 0 Å². The van der Waals surface area contributed by atoms with Crippen molar-refractivity contribution in [1.29, 1.82) is 0 Å². The van der Waals surface area contributed by atoms with Crippen LogP contribution in [0.15, 0.2) is 47.3 Å². The Labute approximate surface area is 187 Å². The number of halogens is 1. The average Bonchev–Trinajstić information content (AvgIpc) is 3.30. The van der Waals surface area contributed by atoms with Crippen molar-refractivity contribution < 1.29 is 10.2 Å². The number of aryl methyl sites for hydroxylation is 1. The molecular weight excluding hydrogens is 460 g/mol. The zero-order chi connectivity index (χ0) is 21.7. The molecule has 0 aliphatic heterocycles. The van der Waals surface area contributed by atoms with Crippen LogP contribution in [0.3, 0.4) is 0 Å². The number of hydrogen-bond donors (Lipinski definition) is 4. The highest BCUT2D eigenvalue weighted by Gasteiger charge is 2.42. The van der Waals surface area contributed by atoms with Crippen LogP contribution in [0.5, 0.6) is 0 Å². The van der Waals surface area contributed by atoms with Gasteiger partial charge in [-0.15, -0.1) is 0 Å². The van der Waals surface area contributed by atoms with Crippen molar-refractivity contribution in [1.82, 2.24) is 19.5 Å². The molecule has 1 aliphatic rings. The van der Waals surface area contributed by atoms with Gasteiger partial charge in [0.15, 0.2) is 0 Å².